The molecular weight excluding hydrogens is 564 g/mol. The largest absolute Gasteiger partial charge is 0.496 e. The molecular formula is C27H26Br2O5. The lowest BCUT2D eigenvalue weighted by Crippen LogP contribution is -2.06. The molecule has 1 atom stereocenters. The van der Waals surface area contributed by atoms with Crippen LogP contribution in [0.3, 0.4) is 0 Å². The minimum Gasteiger partial charge on any atom is -0.496 e. The number of benzene rings is 3. The van der Waals surface area contributed by atoms with Gasteiger partial charge >= 0.3 is 5.97 Å². The van der Waals surface area contributed by atoms with E-state index < -0.39 is 12.1 Å². The second kappa shape index (κ2) is 10.9. The van der Waals surface area contributed by atoms with Gasteiger partial charge in [0.15, 0.2) is 5.75 Å². The number of aliphatic hydroxyl groups is 1. The van der Waals surface area contributed by atoms with Crippen molar-refractivity contribution in [3.8, 4) is 17.2 Å². The van der Waals surface area contributed by atoms with E-state index in [1.807, 2.05) is 42.5 Å². The topological polar surface area (TPSA) is 76.0 Å². The van der Waals surface area contributed by atoms with Gasteiger partial charge in [-0.25, -0.2) is 0 Å². The summed E-state index contributed by atoms with van der Waals surface area (Å²) in [6, 6.07) is 16.8. The van der Waals surface area contributed by atoms with Gasteiger partial charge in [-0.15, -0.1) is 0 Å². The van der Waals surface area contributed by atoms with Crippen LogP contribution in [0.4, 0.5) is 0 Å². The maximum Gasteiger partial charge on any atom is 0.307 e. The van der Waals surface area contributed by atoms with Crippen LogP contribution in [0.25, 0.3) is 0 Å². The first-order chi connectivity index (χ1) is 16.4. The van der Waals surface area contributed by atoms with Crippen molar-refractivity contribution >= 4 is 37.8 Å². The van der Waals surface area contributed by atoms with Gasteiger partial charge in [0.1, 0.15) is 17.6 Å². The second-order valence-electron chi connectivity index (χ2n) is 8.49. The number of hydrogen-bond donors (Lipinski definition) is 2. The highest BCUT2D eigenvalue weighted by Crippen LogP contribution is 2.46. The molecule has 0 heterocycles. The molecule has 3 aromatic carbocycles. The molecule has 7 heteroatoms. The van der Waals surface area contributed by atoms with Gasteiger partial charge in [0.25, 0.3) is 0 Å². The van der Waals surface area contributed by atoms with Crippen molar-refractivity contribution in [1.82, 2.24) is 0 Å². The van der Waals surface area contributed by atoms with Gasteiger partial charge in [0.2, 0.25) is 0 Å². The van der Waals surface area contributed by atoms with E-state index in [4.69, 9.17) is 14.6 Å². The van der Waals surface area contributed by atoms with E-state index in [1.165, 1.54) is 12.8 Å². The highest BCUT2D eigenvalue weighted by atomic mass is 79.9. The third-order valence-electron chi connectivity index (χ3n) is 6.19. The lowest BCUT2D eigenvalue weighted by molar-refractivity contribution is -0.136. The molecule has 1 saturated carbocycles. The molecule has 1 aliphatic carbocycles. The monoisotopic (exact) mass is 588 g/mol. The molecule has 4 rings (SSSR count). The number of methoxy groups -OCH3 is 1. The summed E-state index contributed by atoms with van der Waals surface area (Å²) in [6.45, 7) is 0. The van der Waals surface area contributed by atoms with Gasteiger partial charge in [-0.05, 0) is 86.0 Å². The van der Waals surface area contributed by atoms with Gasteiger partial charge in [-0.2, -0.15) is 0 Å². The Bertz CT molecular complexity index is 1150. The number of carboxylic acid groups (broad SMARTS) is 1. The number of ether oxygens (including phenoxy) is 2. The summed E-state index contributed by atoms with van der Waals surface area (Å²) in [7, 11) is 1.65. The fourth-order valence-corrected chi connectivity index (χ4v) is 5.98. The molecule has 34 heavy (non-hydrogen) atoms. The fourth-order valence-electron chi connectivity index (χ4n) is 4.54. The Morgan fingerprint density at radius 1 is 1.03 bits per heavy atom. The summed E-state index contributed by atoms with van der Waals surface area (Å²) in [5.74, 6) is 1.27. The predicted molar refractivity (Wildman–Crippen MR) is 138 cm³/mol. The van der Waals surface area contributed by atoms with Gasteiger partial charge in [0.05, 0.1) is 22.5 Å². The first-order valence-electron chi connectivity index (χ1n) is 11.2. The van der Waals surface area contributed by atoms with Crippen molar-refractivity contribution in [2.24, 2.45) is 0 Å². The van der Waals surface area contributed by atoms with Crippen LogP contribution in [0.15, 0.2) is 63.5 Å². The van der Waals surface area contributed by atoms with Crippen LogP contribution in [0, 0.1) is 0 Å². The Kier molecular flexibility index (Phi) is 7.96. The van der Waals surface area contributed by atoms with E-state index in [0.29, 0.717) is 37.5 Å². The van der Waals surface area contributed by atoms with Gasteiger partial charge < -0.3 is 19.7 Å². The average Bonchev–Trinajstić information content (AvgIpc) is 3.35. The maximum absolute atomic E-state index is 11.3. The molecule has 0 bridgehead atoms. The van der Waals surface area contributed by atoms with Crippen LogP contribution >= 0.6 is 31.9 Å². The van der Waals surface area contributed by atoms with E-state index >= 15 is 0 Å². The number of carbonyl (C=O) groups is 1. The second-order valence-corrected chi connectivity index (χ2v) is 10.2. The number of hydrogen-bond acceptors (Lipinski definition) is 4. The highest BCUT2D eigenvalue weighted by molar-refractivity contribution is 9.11. The Morgan fingerprint density at radius 3 is 2.26 bits per heavy atom. The lowest BCUT2D eigenvalue weighted by Gasteiger charge is -2.23. The van der Waals surface area contributed by atoms with Crippen LogP contribution in [-0.4, -0.2) is 23.3 Å². The summed E-state index contributed by atoms with van der Waals surface area (Å²) >= 11 is 7.06. The smallest absolute Gasteiger partial charge is 0.307 e. The van der Waals surface area contributed by atoms with E-state index in [2.05, 4.69) is 31.9 Å². The standard InChI is InChI=1S/C27H26Br2O5/c1-33-23-15-20(26(32)18-9-3-2-4-10-18)24(14-19(23)17-7-5-6-8-17)34-27-21(28)11-16(12-22(27)29)13-25(30)31/h2-4,9-12,14-15,17,26,32H,5-8,13H2,1H3,(H,30,31). The SMILES string of the molecule is COc1cc(C(O)c2ccccc2)c(Oc2c(Br)cc(CC(=O)O)cc2Br)cc1C1CCCC1. The van der Waals surface area contributed by atoms with E-state index in [9.17, 15) is 9.90 Å². The number of rotatable bonds is 8. The summed E-state index contributed by atoms with van der Waals surface area (Å²) in [4.78, 5) is 11.1. The molecule has 1 fully saturated rings. The van der Waals surface area contributed by atoms with E-state index in [1.54, 1.807) is 19.2 Å². The predicted octanol–water partition coefficient (Wildman–Crippen LogP) is 7.38. The summed E-state index contributed by atoms with van der Waals surface area (Å²) in [5.41, 5.74) is 3.06. The molecule has 0 aliphatic heterocycles. The minimum absolute atomic E-state index is 0.0934. The van der Waals surface area contributed by atoms with E-state index in [-0.39, 0.29) is 6.42 Å². The van der Waals surface area contributed by atoms with Crippen molar-refractivity contribution < 1.29 is 24.5 Å². The summed E-state index contributed by atoms with van der Waals surface area (Å²) < 4.78 is 13.4. The quantitative estimate of drug-likeness (QED) is 0.287. The Hall–Kier alpha value is -2.35. The molecule has 1 unspecified atom stereocenters. The summed E-state index contributed by atoms with van der Waals surface area (Å²) in [6.07, 6.45) is 3.54. The van der Waals surface area contributed by atoms with Gasteiger partial charge in [0, 0.05) is 11.1 Å². The van der Waals surface area contributed by atoms with Crippen molar-refractivity contribution in [1.29, 1.82) is 0 Å². The molecule has 0 saturated heterocycles. The summed E-state index contributed by atoms with van der Waals surface area (Å²) in [5, 5.41) is 20.4. The molecule has 1 aliphatic rings. The number of aliphatic hydroxyl groups excluding tert-OH is 1. The molecule has 0 amide bonds. The van der Waals surface area contributed by atoms with Crippen LogP contribution in [0.2, 0.25) is 0 Å². The zero-order valence-electron chi connectivity index (χ0n) is 18.8. The molecule has 2 N–H and O–H groups in total. The van der Waals surface area contributed by atoms with Crippen LogP contribution < -0.4 is 9.47 Å². The molecule has 0 spiro atoms. The number of halogens is 2. The third-order valence-corrected chi connectivity index (χ3v) is 7.37. The number of aliphatic carboxylic acids is 1. The Morgan fingerprint density at radius 2 is 1.68 bits per heavy atom. The van der Waals surface area contributed by atoms with Crippen molar-refractivity contribution in [2.75, 3.05) is 7.11 Å². The average molecular weight is 590 g/mol. The minimum atomic E-state index is -0.911. The fraction of sp³-hybridized carbons (Fsp3) is 0.296. The zero-order valence-corrected chi connectivity index (χ0v) is 21.9. The van der Waals surface area contributed by atoms with Crippen molar-refractivity contribution in [3.63, 3.8) is 0 Å². The number of carboxylic acids is 1. The molecule has 0 radical (unpaired) electrons. The zero-order chi connectivity index (χ0) is 24.2. The lowest BCUT2D eigenvalue weighted by atomic mass is 9.92. The molecule has 178 valence electrons. The normalized spacial score (nSPS) is 14.7. The first-order valence-corrected chi connectivity index (χ1v) is 12.8. The maximum atomic E-state index is 11.3. The van der Waals surface area contributed by atoms with Crippen LogP contribution in [0.1, 0.15) is 60.0 Å². The van der Waals surface area contributed by atoms with Crippen LogP contribution in [-0.2, 0) is 11.2 Å². The van der Waals surface area contributed by atoms with E-state index in [0.717, 1.165) is 29.7 Å². The molecule has 5 nitrogen and oxygen atoms in total. The van der Waals surface area contributed by atoms with Crippen molar-refractivity contribution in [3.05, 3.63) is 85.8 Å². The Labute approximate surface area is 216 Å². The highest BCUT2D eigenvalue weighted by Gasteiger charge is 2.26. The van der Waals surface area contributed by atoms with Crippen LogP contribution in [0.5, 0.6) is 17.2 Å². The first kappa shape index (κ1) is 24.8. The van der Waals surface area contributed by atoms with Gasteiger partial charge in [-0.3, -0.25) is 4.79 Å². The van der Waals surface area contributed by atoms with Crippen molar-refractivity contribution in [2.45, 2.75) is 44.1 Å². The third kappa shape index (κ3) is 5.48. The molecule has 3 aromatic rings. The van der Waals surface area contributed by atoms with Gasteiger partial charge in [-0.1, -0.05) is 43.2 Å². The molecule has 0 aromatic heterocycles. The Balaban J connectivity index is 1.81.